The Labute approximate surface area is 193 Å². The topological polar surface area (TPSA) is 103 Å². The molecule has 0 aliphatic rings. The van der Waals surface area contributed by atoms with Gasteiger partial charge in [0.25, 0.3) is 0 Å². The number of carbonyl (C=O) groups is 1. The zero-order chi connectivity index (χ0) is 24.0. The molecule has 0 spiro atoms. The van der Waals surface area contributed by atoms with E-state index in [4.69, 9.17) is 9.15 Å². The molecule has 2 aromatic carbocycles. The number of hydrogen-bond acceptors (Lipinski definition) is 6. The summed E-state index contributed by atoms with van der Waals surface area (Å²) in [6, 6.07) is 11.7. The summed E-state index contributed by atoms with van der Waals surface area (Å²) in [5.74, 6) is -0.536. The van der Waals surface area contributed by atoms with Crippen LogP contribution in [0, 0.1) is 6.92 Å². The van der Waals surface area contributed by atoms with E-state index >= 15 is 0 Å². The normalized spacial score (nSPS) is 12.6. The third kappa shape index (κ3) is 6.30. The molecule has 0 saturated carbocycles. The lowest BCUT2D eigenvalue weighted by Crippen LogP contribution is -2.42. The minimum Gasteiger partial charge on any atom is -0.425 e. The first-order valence-electron chi connectivity index (χ1n) is 11.1. The van der Waals surface area contributed by atoms with Gasteiger partial charge < -0.3 is 9.15 Å². The molecular weight excluding hydrogens is 442 g/mol. The molecule has 1 heterocycles. The smallest absolute Gasteiger partial charge is 0.336 e. The van der Waals surface area contributed by atoms with Crippen molar-refractivity contribution < 1.29 is 22.4 Å². The Morgan fingerprint density at radius 3 is 2.45 bits per heavy atom. The second kappa shape index (κ2) is 10.8. The predicted octanol–water partition coefficient (Wildman–Crippen LogP) is 4.50. The van der Waals surface area contributed by atoms with Crippen molar-refractivity contribution in [1.29, 1.82) is 0 Å². The zero-order valence-electron chi connectivity index (χ0n) is 19.1. The number of rotatable bonds is 10. The van der Waals surface area contributed by atoms with Crippen LogP contribution >= 0.6 is 0 Å². The van der Waals surface area contributed by atoms with Gasteiger partial charge in [-0.15, -0.1) is 0 Å². The summed E-state index contributed by atoms with van der Waals surface area (Å²) in [5.41, 5.74) is 1.65. The van der Waals surface area contributed by atoms with Crippen molar-refractivity contribution in [2.75, 3.05) is 0 Å². The van der Waals surface area contributed by atoms with Gasteiger partial charge >= 0.3 is 11.6 Å². The van der Waals surface area contributed by atoms with E-state index in [0.29, 0.717) is 18.4 Å². The number of aryl methyl sites for hydroxylation is 2. The Hall–Kier alpha value is -2.97. The average Bonchev–Trinajstić information content (AvgIpc) is 2.76. The maximum atomic E-state index is 12.9. The van der Waals surface area contributed by atoms with E-state index in [1.54, 1.807) is 24.3 Å². The fourth-order valence-electron chi connectivity index (χ4n) is 3.54. The molecule has 176 valence electrons. The van der Waals surface area contributed by atoms with Gasteiger partial charge in [0.15, 0.2) is 0 Å². The fourth-order valence-corrected chi connectivity index (χ4v) is 4.76. The third-order valence-electron chi connectivity index (χ3n) is 5.30. The number of esters is 1. The van der Waals surface area contributed by atoms with Gasteiger partial charge in [0, 0.05) is 17.5 Å². The molecule has 0 aliphatic heterocycles. The molecule has 0 unspecified atom stereocenters. The SMILES string of the molecule is CCCC[C@@H](NS(=O)(=O)c1ccc(C)cc1)C(=O)Oc1ccc2c(CCC)cc(=O)oc2c1. The highest BCUT2D eigenvalue weighted by Crippen LogP contribution is 2.24. The lowest BCUT2D eigenvalue weighted by molar-refractivity contribution is -0.136. The van der Waals surface area contributed by atoms with Crippen molar-refractivity contribution in [3.63, 3.8) is 0 Å². The lowest BCUT2D eigenvalue weighted by atomic mass is 10.1. The van der Waals surface area contributed by atoms with Gasteiger partial charge in [0.05, 0.1) is 4.90 Å². The number of benzene rings is 2. The minimum absolute atomic E-state index is 0.0818. The Balaban J connectivity index is 1.84. The quantitative estimate of drug-likeness (QED) is 0.265. The molecule has 33 heavy (non-hydrogen) atoms. The summed E-state index contributed by atoms with van der Waals surface area (Å²) >= 11 is 0. The van der Waals surface area contributed by atoms with Crippen LogP contribution in [-0.2, 0) is 21.2 Å². The maximum absolute atomic E-state index is 12.9. The highest BCUT2D eigenvalue weighted by Gasteiger charge is 2.27. The highest BCUT2D eigenvalue weighted by molar-refractivity contribution is 7.89. The first kappa shape index (κ1) is 24.7. The number of fused-ring (bicyclic) bond motifs is 1. The Morgan fingerprint density at radius 2 is 1.79 bits per heavy atom. The van der Waals surface area contributed by atoms with E-state index < -0.39 is 27.7 Å². The predicted molar refractivity (Wildman–Crippen MR) is 127 cm³/mol. The number of carbonyl (C=O) groups excluding carboxylic acids is 1. The minimum atomic E-state index is -3.91. The largest absolute Gasteiger partial charge is 0.425 e. The summed E-state index contributed by atoms with van der Waals surface area (Å²) in [6.45, 7) is 5.84. The van der Waals surface area contributed by atoms with E-state index in [2.05, 4.69) is 4.72 Å². The fraction of sp³-hybridized carbons (Fsp3) is 0.360. The van der Waals surface area contributed by atoms with Crippen molar-refractivity contribution in [2.45, 2.75) is 63.8 Å². The van der Waals surface area contributed by atoms with Crippen molar-refractivity contribution in [2.24, 2.45) is 0 Å². The number of unbranched alkanes of at least 4 members (excludes halogenated alkanes) is 1. The summed E-state index contributed by atoms with van der Waals surface area (Å²) in [5, 5.41) is 0.777. The van der Waals surface area contributed by atoms with Gasteiger partial charge in [-0.25, -0.2) is 18.0 Å². The summed E-state index contributed by atoms with van der Waals surface area (Å²) < 4.78 is 38.9. The van der Waals surface area contributed by atoms with Gasteiger partial charge in [0.2, 0.25) is 10.0 Å². The molecule has 1 N–H and O–H groups in total. The van der Waals surface area contributed by atoms with Crippen molar-refractivity contribution in [3.8, 4) is 5.75 Å². The molecule has 3 rings (SSSR count). The molecule has 0 fully saturated rings. The van der Waals surface area contributed by atoms with Crippen LogP contribution in [0.4, 0.5) is 0 Å². The zero-order valence-corrected chi connectivity index (χ0v) is 19.9. The van der Waals surface area contributed by atoms with Gasteiger partial charge in [-0.3, -0.25) is 0 Å². The van der Waals surface area contributed by atoms with Crippen molar-refractivity contribution in [1.82, 2.24) is 4.72 Å². The highest BCUT2D eigenvalue weighted by atomic mass is 32.2. The standard InChI is InChI=1S/C25H29NO6S/c1-4-6-8-22(26-33(29,30)20-12-9-17(3)10-13-20)25(28)31-19-11-14-21-18(7-5-2)15-24(27)32-23(21)16-19/h9-16,22,26H,4-8H2,1-3H3/t22-/m1/s1. The summed E-state index contributed by atoms with van der Waals surface area (Å²) in [7, 11) is -3.91. The van der Waals surface area contributed by atoms with Crippen LogP contribution in [-0.4, -0.2) is 20.4 Å². The molecule has 7 nitrogen and oxygen atoms in total. The number of hydrogen-bond donors (Lipinski definition) is 1. The van der Waals surface area contributed by atoms with Crippen molar-refractivity contribution >= 4 is 27.0 Å². The summed E-state index contributed by atoms with van der Waals surface area (Å²) in [4.78, 5) is 24.9. The summed E-state index contributed by atoms with van der Waals surface area (Å²) in [6.07, 6.45) is 3.32. The van der Waals surface area contributed by atoms with E-state index in [0.717, 1.165) is 35.8 Å². The number of sulfonamides is 1. The van der Waals surface area contributed by atoms with Gasteiger partial charge in [-0.2, -0.15) is 4.72 Å². The molecule has 0 amide bonds. The first-order chi connectivity index (χ1) is 15.7. The molecule has 0 aliphatic carbocycles. The molecule has 0 saturated heterocycles. The first-order valence-corrected chi connectivity index (χ1v) is 12.6. The second-order valence-electron chi connectivity index (χ2n) is 8.05. The Bertz CT molecular complexity index is 1280. The Morgan fingerprint density at radius 1 is 1.06 bits per heavy atom. The van der Waals surface area contributed by atoms with Crippen molar-refractivity contribution in [3.05, 3.63) is 70.1 Å². The molecule has 3 aromatic rings. The number of nitrogens with one attached hydrogen (secondary N) is 1. The van der Waals surface area contributed by atoms with Gasteiger partial charge in [0.1, 0.15) is 17.4 Å². The lowest BCUT2D eigenvalue weighted by Gasteiger charge is -2.18. The molecule has 1 aromatic heterocycles. The van der Waals surface area contributed by atoms with E-state index in [1.807, 2.05) is 20.8 Å². The van der Waals surface area contributed by atoms with Crippen LogP contribution in [0.3, 0.4) is 0 Å². The second-order valence-corrected chi connectivity index (χ2v) is 9.76. The van der Waals surface area contributed by atoms with E-state index in [-0.39, 0.29) is 10.6 Å². The average molecular weight is 472 g/mol. The molecule has 8 heteroatoms. The maximum Gasteiger partial charge on any atom is 0.336 e. The van der Waals surface area contributed by atoms with Crippen LogP contribution in [0.1, 0.15) is 50.7 Å². The van der Waals surface area contributed by atoms with Gasteiger partial charge in [-0.1, -0.05) is 50.8 Å². The Kier molecular flexibility index (Phi) is 8.05. The van der Waals surface area contributed by atoms with Gasteiger partial charge in [-0.05, 0) is 49.6 Å². The molecular formula is C25H29NO6S. The monoisotopic (exact) mass is 471 g/mol. The van der Waals surface area contributed by atoms with Crippen LogP contribution < -0.4 is 15.1 Å². The molecule has 0 radical (unpaired) electrons. The third-order valence-corrected chi connectivity index (χ3v) is 6.79. The van der Waals surface area contributed by atoms with E-state index in [9.17, 15) is 18.0 Å². The van der Waals surface area contributed by atoms with Crippen LogP contribution in [0.25, 0.3) is 11.0 Å². The number of ether oxygens (including phenoxy) is 1. The van der Waals surface area contributed by atoms with E-state index in [1.165, 1.54) is 24.3 Å². The molecule has 1 atom stereocenters. The molecule has 0 bridgehead atoms. The van der Waals surface area contributed by atoms with Crippen LogP contribution in [0.2, 0.25) is 0 Å². The van der Waals surface area contributed by atoms with Crippen LogP contribution in [0.15, 0.2) is 62.6 Å². The van der Waals surface area contributed by atoms with Crippen LogP contribution in [0.5, 0.6) is 5.75 Å².